The highest BCUT2D eigenvalue weighted by Gasteiger charge is 2.42. The van der Waals surface area contributed by atoms with E-state index in [1.807, 2.05) is 42.0 Å². The number of allylic oxidation sites excluding steroid dienone is 4. The van der Waals surface area contributed by atoms with Gasteiger partial charge in [-0.25, -0.2) is 13.0 Å². The zero-order valence-electron chi connectivity index (χ0n) is 22.7. The number of aromatic nitrogens is 1. The highest BCUT2D eigenvalue weighted by molar-refractivity contribution is 7.85. The normalized spacial score (nSPS) is 19.2. The second-order valence-electron chi connectivity index (χ2n) is 10.9. The van der Waals surface area contributed by atoms with Crippen molar-refractivity contribution in [1.29, 1.82) is 0 Å². The first kappa shape index (κ1) is 30.0. The van der Waals surface area contributed by atoms with Gasteiger partial charge in [0.2, 0.25) is 0 Å². The van der Waals surface area contributed by atoms with Crippen LogP contribution in [0.15, 0.2) is 46.3 Å². The van der Waals surface area contributed by atoms with Gasteiger partial charge in [-0.15, -0.1) is 0 Å². The van der Waals surface area contributed by atoms with Gasteiger partial charge in [-0.2, -0.15) is 5.10 Å². The van der Waals surface area contributed by atoms with E-state index in [1.165, 1.54) is 0 Å². The lowest BCUT2D eigenvalue weighted by Gasteiger charge is -2.25. The predicted octanol–water partition coefficient (Wildman–Crippen LogP) is 4.73. The summed E-state index contributed by atoms with van der Waals surface area (Å²) in [4.78, 5) is 15.7. The number of unbranched alkanes of at least 4 members (excludes halogenated alkanes) is 2. The van der Waals surface area contributed by atoms with Crippen LogP contribution in [-0.4, -0.2) is 52.8 Å². The number of carboxylic acid groups (broad SMARTS) is 1. The van der Waals surface area contributed by atoms with Gasteiger partial charge in [0, 0.05) is 35.5 Å². The first-order valence-electron chi connectivity index (χ1n) is 12.8. The van der Waals surface area contributed by atoms with E-state index in [9.17, 15) is 17.8 Å². The van der Waals surface area contributed by atoms with Gasteiger partial charge in [0.1, 0.15) is 6.20 Å². The van der Waals surface area contributed by atoms with Gasteiger partial charge < -0.3 is 9.66 Å². The molecule has 208 valence electrons. The Morgan fingerprint density at radius 2 is 1.89 bits per heavy atom. The number of hydrazone groups is 1. The molecule has 0 aromatic carbocycles. The monoisotopic (exact) mass is 564 g/mol. The molecule has 3 rings (SSSR count). The van der Waals surface area contributed by atoms with Gasteiger partial charge in [-0.3, -0.25) is 9.80 Å². The molecule has 0 saturated heterocycles. The number of nitrogens with zero attached hydrogens (tertiary/aromatic N) is 4. The first-order valence-corrected chi connectivity index (χ1v) is 14.8. The van der Waals surface area contributed by atoms with E-state index in [2.05, 4.69) is 32.8 Å². The lowest BCUT2D eigenvalue weighted by Crippen LogP contribution is -2.35. The Morgan fingerprint density at radius 1 is 1.18 bits per heavy atom. The summed E-state index contributed by atoms with van der Waals surface area (Å²) in [5.74, 6) is -0.349. The molecule has 0 amide bonds. The molecule has 2 aliphatic rings. The quantitative estimate of drug-likeness (QED) is 0.222. The van der Waals surface area contributed by atoms with Crippen LogP contribution in [0.2, 0.25) is 5.02 Å². The molecule has 0 atom stereocenters. The number of halogens is 1. The Bertz CT molecular complexity index is 1310. The lowest BCUT2D eigenvalue weighted by atomic mass is 9.82. The maximum Gasteiger partial charge on any atom is 0.327 e. The smallest absolute Gasteiger partial charge is 0.327 e. The molecule has 3 heterocycles. The van der Waals surface area contributed by atoms with Crippen LogP contribution in [0.25, 0.3) is 0 Å². The van der Waals surface area contributed by atoms with E-state index in [4.69, 9.17) is 21.7 Å². The van der Waals surface area contributed by atoms with Crippen LogP contribution in [0.1, 0.15) is 72.3 Å². The van der Waals surface area contributed by atoms with Crippen molar-refractivity contribution in [3.8, 4) is 0 Å². The standard InChI is InChI=1S/C27H37ClN4O5S/c1-19-26(2,3)23(32(30-19)15-10-16-38(35,36)37)12-9-11-22-27(4,5)21-17-20(28)18-31(25(21)29-22)14-8-6-7-13-24(33)34/h9,11-12,17-18H,6-8,10,13-16H2,1-5H3,(H-,33,34,35,36,37). The minimum Gasteiger partial charge on any atom is -0.748 e. The summed E-state index contributed by atoms with van der Waals surface area (Å²) in [7, 11) is -4.27. The molecule has 0 saturated carbocycles. The third-order valence-corrected chi connectivity index (χ3v) is 8.27. The van der Waals surface area contributed by atoms with Crippen LogP contribution in [-0.2, 0) is 26.9 Å². The fourth-order valence-electron chi connectivity index (χ4n) is 4.69. The number of aryl methyl sites for hydroxylation is 1. The molecule has 1 N–H and O–H groups in total. The molecule has 2 aliphatic heterocycles. The van der Waals surface area contributed by atoms with Crippen molar-refractivity contribution in [2.45, 2.75) is 78.7 Å². The van der Waals surface area contributed by atoms with Crippen LogP contribution in [0.4, 0.5) is 5.82 Å². The van der Waals surface area contributed by atoms with Gasteiger partial charge in [-0.05, 0) is 83.5 Å². The van der Waals surface area contributed by atoms with Gasteiger partial charge in [0.25, 0.3) is 0 Å². The Morgan fingerprint density at radius 3 is 2.55 bits per heavy atom. The number of fused-ring (bicyclic) bond motifs is 1. The van der Waals surface area contributed by atoms with Crippen LogP contribution >= 0.6 is 11.6 Å². The third kappa shape index (κ3) is 7.09. The van der Waals surface area contributed by atoms with E-state index < -0.39 is 21.8 Å². The lowest BCUT2D eigenvalue weighted by molar-refractivity contribution is -0.684. The molecular formula is C27H37ClN4O5S. The number of carbonyl (C=O) groups is 1. The average molecular weight is 565 g/mol. The Labute approximate surface area is 230 Å². The van der Waals surface area contributed by atoms with E-state index >= 15 is 0 Å². The van der Waals surface area contributed by atoms with Crippen molar-refractivity contribution in [2.75, 3.05) is 12.3 Å². The van der Waals surface area contributed by atoms with Crippen molar-refractivity contribution in [3.05, 3.63) is 46.8 Å². The van der Waals surface area contributed by atoms with Crippen LogP contribution in [0.5, 0.6) is 0 Å². The van der Waals surface area contributed by atoms with Crippen molar-refractivity contribution in [1.82, 2.24) is 5.01 Å². The SMILES string of the molecule is CC1=NN(CCCS(=O)(=O)[O-])/C(=C/C=C/C2=Nc3c(cc(Cl)c[n+]3CCCCCC(=O)O)C2(C)C)C1(C)C. The zero-order chi connectivity index (χ0) is 28.3. The largest absolute Gasteiger partial charge is 0.748 e. The molecule has 1 aromatic rings. The maximum atomic E-state index is 11.0. The summed E-state index contributed by atoms with van der Waals surface area (Å²) in [6.07, 6.45) is 10.4. The number of rotatable bonds is 12. The molecule has 0 unspecified atom stereocenters. The van der Waals surface area contributed by atoms with Gasteiger partial charge in [-0.1, -0.05) is 17.7 Å². The summed E-state index contributed by atoms with van der Waals surface area (Å²) >= 11 is 6.45. The van der Waals surface area contributed by atoms with Crippen LogP contribution in [0, 0.1) is 5.41 Å². The minimum atomic E-state index is -4.27. The second kappa shape index (κ2) is 11.7. The highest BCUT2D eigenvalue weighted by Crippen LogP contribution is 2.40. The number of carboxylic acids is 1. The minimum absolute atomic E-state index is 0.171. The van der Waals surface area contributed by atoms with Crippen molar-refractivity contribution in [2.24, 2.45) is 15.5 Å². The second-order valence-corrected chi connectivity index (χ2v) is 12.8. The Hall–Kier alpha value is -2.56. The average Bonchev–Trinajstić information content (AvgIpc) is 3.16. The molecule has 0 radical (unpaired) electrons. The van der Waals surface area contributed by atoms with Gasteiger partial charge in [0.15, 0.2) is 5.71 Å². The Kier molecular flexibility index (Phi) is 9.21. The van der Waals surface area contributed by atoms with Crippen LogP contribution in [0.3, 0.4) is 0 Å². The summed E-state index contributed by atoms with van der Waals surface area (Å²) in [6, 6.07) is 1.95. The number of hydrogen-bond acceptors (Lipinski definition) is 7. The van der Waals surface area contributed by atoms with E-state index in [0.717, 1.165) is 41.3 Å². The van der Waals surface area contributed by atoms with Gasteiger partial charge in [0.05, 0.1) is 32.7 Å². The fourth-order valence-corrected chi connectivity index (χ4v) is 5.40. The molecule has 1 aromatic heterocycles. The molecule has 11 heteroatoms. The van der Waals surface area contributed by atoms with Crippen molar-refractivity contribution in [3.63, 3.8) is 0 Å². The van der Waals surface area contributed by atoms with Crippen molar-refractivity contribution < 1.29 is 27.4 Å². The summed E-state index contributed by atoms with van der Waals surface area (Å²) in [5.41, 5.74) is 3.02. The van der Waals surface area contributed by atoms with Crippen molar-refractivity contribution >= 4 is 44.9 Å². The summed E-state index contributed by atoms with van der Waals surface area (Å²) in [6.45, 7) is 11.3. The molecule has 0 fully saturated rings. The van der Waals surface area contributed by atoms with Gasteiger partial charge >= 0.3 is 11.8 Å². The van der Waals surface area contributed by atoms with Crippen LogP contribution < -0.4 is 4.57 Å². The molecular weight excluding hydrogens is 528 g/mol. The molecule has 0 spiro atoms. The van der Waals surface area contributed by atoms with E-state index in [-0.39, 0.29) is 23.7 Å². The molecule has 9 nitrogen and oxygen atoms in total. The maximum absolute atomic E-state index is 11.0. The summed E-state index contributed by atoms with van der Waals surface area (Å²) in [5, 5.41) is 15.8. The molecule has 0 aliphatic carbocycles. The fraction of sp³-hybridized carbons (Fsp3) is 0.556. The zero-order valence-corrected chi connectivity index (χ0v) is 24.3. The molecule has 38 heavy (non-hydrogen) atoms. The number of aliphatic imine (C=N–C) groups is 1. The number of pyridine rings is 1. The van der Waals surface area contributed by atoms with E-state index in [1.54, 1.807) is 5.01 Å². The predicted molar refractivity (Wildman–Crippen MR) is 148 cm³/mol. The number of aliphatic carboxylic acids is 1. The topological polar surface area (TPSA) is 126 Å². The molecule has 0 bridgehead atoms. The highest BCUT2D eigenvalue weighted by atomic mass is 35.5. The van der Waals surface area contributed by atoms with E-state index in [0.29, 0.717) is 24.5 Å². The first-order chi connectivity index (χ1) is 17.6. The Balaban J connectivity index is 1.80. The number of hydrogen-bond donors (Lipinski definition) is 1. The third-order valence-electron chi connectivity index (χ3n) is 7.27. The summed E-state index contributed by atoms with van der Waals surface area (Å²) < 4.78 is 35.1.